The summed E-state index contributed by atoms with van der Waals surface area (Å²) < 4.78 is 6.81. The first-order valence-corrected chi connectivity index (χ1v) is 42.2. The Morgan fingerprint density at radius 2 is 0.479 bits per heavy atom. The number of rotatable bonds is 8. The molecule has 2 aliphatic rings. The lowest BCUT2D eigenvalue weighted by atomic mass is 10.0. The number of fused-ring (bicyclic) bond motifs is 6. The third-order valence-corrected chi connectivity index (χ3v) is 37.4. The number of hydrogen-bond donors (Lipinski definition) is 0. The molecule has 0 saturated carbocycles. The van der Waals surface area contributed by atoms with Crippen molar-refractivity contribution in [3.63, 3.8) is 0 Å². The van der Waals surface area contributed by atoms with Gasteiger partial charge in [0.05, 0.1) is 41.4 Å². The van der Waals surface area contributed by atoms with Crippen molar-refractivity contribution in [3.05, 3.63) is 349 Å². The van der Waals surface area contributed by atoms with Gasteiger partial charge in [-0.25, -0.2) is 0 Å². The fourth-order valence-corrected chi connectivity index (χ4v) is 31.8. The van der Waals surface area contributed by atoms with E-state index in [4.69, 9.17) is 4.42 Å². The number of benzene rings is 12. The Hall–Kier alpha value is -9.60. The Kier molecular flexibility index (Phi) is 18.5. The van der Waals surface area contributed by atoms with Gasteiger partial charge in [0.2, 0.25) is 0 Å². The summed E-state index contributed by atoms with van der Waals surface area (Å²) in [7, 11) is -8.51. The van der Waals surface area contributed by atoms with Crippen molar-refractivity contribution in [1.29, 1.82) is 0 Å². The minimum atomic E-state index is -2.22. The lowest BCUT2D eigenvalue weighted by Crippen LogP contribution is -2.33. The van der Waals surface area contributed by atoms with Crippen molar-refractivity contribution in [3.8, 4) is 58.5 Å². The fourth-order valence-electron chi connectivity index (χ4n) is 14.9. The molecule has 13 aromatic rings. The van der Waals surface area contributed by atoms with Gasteiger partial charge in [0.25, 0.3) is 0 Å². The largest absolute Gasteiger partial charge is 0.456 e. The van der Waals surface area contributed by atoms with Crippen LogP contribution in [0.4, 0.5) is 0 Å². The van der Waals surface area contributed by atoms with Gasteiger partial charge >= 0.3 is 0 Å². The van der Waals surface area contributed by atoms with Crippen LogP contribution in [0.2, 0.25) is 0 Å². The summed E-state index contributed by atoms with van der Waals surface area (Å²) in [5.74, 6) is 30.5. The maximum absolute atomic E-state index is 6.81. The predicted octanol–water partition coefficient (Wildman–Crippen LogP) is 17.7. The summed E-state index contributed by atoms with van der Waals surface area (Å²) in [6, 6.07) is 117. The van der Waals surface area contributed by atoms with E-state index >= 15 is 0 Å². The molecule has 0 spiro atoms. The average molecular weight is 1310 g/mol. The van der Waals surface area contributed by atoms with Crippen LogP contribution in [-0.4, -0.2) is 49.3 Å². The van der Waals surface area contributed by atoms with Gasteiger partial charge in [0, 0.05) is 33.0 Å². The van der Waals surface area contributed by atoms with Crippen LogP contribution < -0.4 is 42.4 Å². The highest BCUT2D eigenvalue weighted by atomic mass is 31.2. The zero-order chi connectivity index (χ0) is 64.5. The van der Waals surface area contributed by atoms with Gasteiger partial charge < -0.3 is 4.42 Å². The van der Waals surface area contributed by atoms with E-state index in [9.17, 15) is 0 Å². The van der Waals surface area contributed by atoms with Crippen LogP contribution in [0.5, 0.6) is 0 Å². The molecule has 0 unspecified atom stereocenters. The molecule has 15 rings (SSSR count). The molecule has 12 aromatic carbocycles. The van der Waals surface area contributed by atoms with Gasteiger partial charge in [-0.3, -0.25) is 0 Å². The molecule has 1 aliphatic heterocycles. The second kappa shape index (κ2) is 28.4. The Labute approximate surface area is 569 Å². The molecule has 96 heavy (non-hydrogen) atoms. The lowest BCUT2D eigenvalue weighted by Gasteiger charge is -2.30. The first-order valence-electron chi connectivity index (χ1n) is 33.6. The van der Waals surface area contributed by atoms with E-state index in [1.165, 1.54) is 64.7 Å². The van der Waals surface area contributed by atoms with Crippen molar-refractivity contribution in [2.75, 3.05) is 49.3 Å². The third kappa shape index (κ3) is 12.8. The van der Waals surface area contributed by atoms with Crippen molar-refractivity contribution in [2.24, 2.45) is 0 Å². The summed E-state index contributed by atoms with van der Waals surface area (Å²) in [5, 5.41) is 13.3. The van der Waals surface area contributed by atoms with Gasteiger partial charge in [-0.2, -0.15) is 0 Å². The van der Waals surface area contributed by atoms with Crippen LogP contribution in [-0.2, 0) is 6.42 Å². The molecule has 2 heterocycles. The highest BCUT2D eigenvalue weighted by Crippen LogP contribution is 2.64. The first kappa shape index (κ1) is 62.5. The second-order valence-corrected chi connectivity index (χ2v) is 40.4. The van der Waals surface area contributed by atoms with E-state index in [1.807, 2.05) is 0 Å². The Morgan fingerprint density at radius 3 is 0.750 bits per heavy atom. The number of furan rings is 1. The van der Waals surface area contributed by atoms with E-state index in [-0.39, 0.29) is 0 Å². The molecule has 8 bridgehead atoms. The summed E-state index contributed by atoms with van der Waals surface area (Å²) in [5.41, 5.74) is 10.9. The molecular weight excluding hydrogens is 1230 g/mol. The summed E-state index contributed by atoms with van der Waals surface area (Å²) >= 11 is 0. The van der Waals surface area contributed by atoms with Crippen LogP contribution in [0.25, 0.3) is 33.1 Å². The Morgan fingerprint density at radius 1 is 0.240 bits per heavy atom. The van der Waals surface area contributed by atoms with Crippen LogP contribution in [0.1, 0.15) is 46.2 Å². The highest BCUT2D eigenvalue weighted by molar-refractivity contribution is 7.93. The quantitative estimate of drug-likeness (QED) is 0.109. The van der Waals surface area contributed by atoms with Gasteiger partial charge in [-0.15, -0.1) is 0 Å². The fraction of sp³-hybridized carbons (Fsp3) is 0.121. The van der Waals surface area contributed by atoms with Crippen LogP contribution in [0.3, 0.4) is 0 Å². The lowest BCUT2D eigenvalue weighted by molar-refractivity contribution is 0.668. The smallest absolute Gasteiger partial charge is 0.136 e. The SMILES string of the molecule is C1#Cc2ccc3c(c2)Cc2cc(ccc2-3)C#CC[P+](c2ccccc2)(c2ccccc2)CC[P+](c2ccccc2)(c2ccccc2)CC#Cc2ccc3c(c2)oc2cc(ccc23)C#CC[P+](c2ccccc2)(c2ccccc2)CCCC[P+](c2ccccc2)(c2ccccc2)C1. The minimum absolute atomic E-state index is 0.727. The highest BCUT2D eigenvalue weighted by Gasteiger charge is 2.50. The predicted molar refractivity (Wildman–Crippen MR) is 420 cm³/mol. The van der Waals surface area contributed by atoms with Crippen molar-refractivity contribution in [1.82, 2.24) is 0 Å². The van der Waals surface area contributed by atoms with E-state index in [0.29, 0.717) is 0 Å². The molecule has 1 aliphatic carbocycles. The molecule has 1 nitrogen and oxygen atoms in total. The average Bonchev–Trinajstić information content (AvgIpc) is 1.08. The van der Waals surface area contributed by atoms with Gasteiger partial charge in [-0.1, -0.05) is 205 Å². The normalized spacial score (nSPS) is 15.6. The molecule has 0 saturated heterocycles. The van der Waals surface area contributed by atoms with E-state index in [2.05, 4.69) is 363 Å². The summed E-state index contributed by atoms with van der Waals surface area (Å²) in [6.45, 7) is 0. The summed E-state index contributed by atoms with van der Waals surface area (Å²) in [4.78, 5) is 0. The molecule has 460 valence electrons. The van der Waals surface area contributed by atoms with Gasteiger partial charge in [0.1, 0.15) is 90.6 Å². The third-order valence-electron chi connectivity index (χ3n) is 19.9. The molecule has 0 N–H and O–H groups in total. The number of hydrogen-bond acceptors (Lipinski definition) is 1. The van der Waals surface area contributed by atoms with Crippen molar-refractivity contribution < 1.29 is 4.42 Å². The Bertz CT molecular complexity index is 5000. The maximum atomic E-state index is 6.81. The molecule has 0 atom stereocenters. The van der Waals surface area contributed by atoms with Crippen molar-refractivity contribution >= 4 is 93.4 Å². The topological polar surface area (TPSA) is 13.1 Å². The van der Waals surface area contributed by atoms with Crippen molar-refractivity contribution in [2.45, 2.75) is 19.3 Å². The maximum Gasteiger partial charge on any atom is 0.136 e. The molecule has 1 aromatic heterocycles. The van der Waals surface area contributed by atoms with Crippen LogP contribution in [0, 0.1) is 47.4 Å². The molecular formula is C91H74OP4+4. The van der Waals surface area contributed by atoms with Crippen LogP contribution in [0.15, 0.2) is 320 Å². The molecule has 0 fully saturated rings. The molecule has 0 radical (unpaired) electrons. The molecule has 0 amide bonds. The Balaban J connectivity index is 0.853. The van der Waals surface area contributed by atoms with E-state index < -0.39 is 29.0 Å². The van der Waals surface area contributed by atoms with Gasteiger partial charge in [-0.05, 0) is 199 Å². The van der Waals surface area contributed by atoms with E-state index in [1.54, 1.807) is 0 Å². The first-order chi connectivity index (χ1) is 47.5. The van der Waals surface area contributed by atoms with Gasteiger partial charge in [0.15, 0.2) is 0 Å². The standard InChI is InChI=1S/C91H74OP4/c1-9-35-78(36-10-1)93(79-37-11-2-12-38-79)59-25-26-60-94(80-39-13-3-14-40-80,81-41-15-4-16-42-81)62-29-33-74-53-57-88-89-58-54-75(70-91(89)92-90(88)69-74)34-30-64-96(84-47-21-7-22-48-84,85-49-23-8-24-50-85)66-65-95(82-43-17-5-18-44-82,83-45-19-6-20-46-83)63-28-32-73-52-56-87-77(68-73)71-76-67-72(31-27-61-93)51-55-86(76)87/h1-24,35-58,67-70H,25-26,59-66,71H2/q+4. The second-order valence-electron chi connectivity index (χ2n) is 25.4. The van der Waals surface area contributed by atoms with Crippen LogP contribution >= 0.6 is 29.0 Å². The minimum Gasteiger partial charge on any atom is -0.456 e. The van der Waals surface area contributed by atoms with E-state index in [0.717, 1.165) is 113 Å². The summed E-state index contributed by atoms with van der Waals surface area (Å²) in [6.07, 6.45) is 10.1. The monoisotopic (exact) mass is 1310 g/mol. The zero-order valence-electron chi connectivity index (χ0n) is 54.0. The zero-order valence-corrected chi connectivity index (χ0v) is 57.6. The molecule has 5 heteroatoms.